The van der Waals surface area contributed by atoms with E-state index in [1.54, 1.807) is 0 Å². The van der Waals surface area contributed by atoms with Gasteiger partial charge in [-0.25, -0.2) is 0 Å². The maximum Gasteiger partial charge on any atom is 0.0462 e. The van der Waals surface area contributed by atoms with E-state index >= 15 is 0 Å². The van der Waals surface area contributed by atoms with E-state index in [0.29, 0.717) is 5.92 Å². The van der Waals surface area contributed by atoms with Crippen LogP contribution in [0.1, 0.15) is 50.7 Å². The first-order chi connectivity index (χ1) is 8.65. The lowest BCUT2D eigenvalue weighted by Crippen LogP contribution is -2.06. The fraction of sp³-hybridized carbons (Fsp3) is 0.562. The van der Waals surface area contributed by atoms with E-state index in [2.05, 4.69) is 59.9 Å². The molecule has 1 saturated carbocycles. The zero-order valence-corrected chi connectivity index (χ0v) is 13.5. The van der Waals surface area contributed by atoms with Crippen molar-refractivity contribution in [1.29, 1.82) is 0 Å². The standard InChI is InChI=1S/C12H14BrN.C4H10/c1-8-4-3-5-10(13)11(8)12(14-2)9-6-7-9;1-3-4-2/h3-5,9H,6-7H2,1-2H3;3-4H2,1-2H3. The van der Waals surface area contributed by atoms with Crippen LogP contribution in [0.15, 0.2) is 27.7 Å². The summed E-state index contributed by atoms with van der Waals surface area (Å²) in [5.41, 5.74) is 3.89. The third kappa shape index (κ3) is 4.24. The molecule has 1 nitrogen and oxygen atoms in total. The summed E-state index contributed by atoms with van der Waals surface area (Å²) in [6, 6.07) is 6.31. The van der Waals surface area contributed by atoms with Gasteiger partial charge in [0, 0.05) is 28.7 Å². The smallest absolute Gasteiger partial charge is 0.0462 e. The first-order valence-corrected chi connectivity index (χ1v) is 7.67. The minimum Gasteiger partial charge on any atom is -0.292 e. The van der Waals surface area contributed by atoms with Crippen molar-refractivity contribution in [2.75, 3.05) is 7.05 Å². The lowest BCUT2D eigenvalue weighted by Gasteiger charge is -2.10. The summed E-state index contributed by atoms with van der Waals surface area (Å²) >= 11 is 3.60. The normalized spacial score (nSPS) is 15.1. The average molecular weight is 310 g/mol. The van der Waals surface area contributed by atoms with Gasteiger partial charge in [-0.2, -0.15) is 0 Å². The molecule has 0 aromatic heterocycles. The number of nitrogens with zero attached hydrogens (tertiary/aromatic N) is 1. The Morgan fingerprint density at radius 2 is 1.89 bits per heavy atom. The zero-order valence-electron chi connectivity index (χ0n) is 12.0. The van der Waals surface area contributed by atoms with Crippen LogP contribution in [-0.4, -0.2) is 12.8 Å². The van der Waals surface area contributed by atoms with Crippen molar-refractivity contribution >= 4 is 21.6 Å². The molecule has 0 heterocycles. The third-order valence-corrected chi connectivity index (χ3v) is 3.84. The van der Waals surface area contributed by atoms with Gasteiger partial charge >= 0.3 is 0 Å². The van der Waals surface area contributed by atoms with Gasteiger partial charge in [0.25, 0.3) is 0 Å². The topological polar surface area (TPSA) is 12.4 Å². The van der Waals surface area contributed by atoms with E-state index < -0.39 is 0 Å². The van der Waals surface area contributed by atoms with Gasteiger partial charge in [-0.3, -0.25) is 4.99 Å². The molecular formula is C16H24BrN. The molecule has 0 saturated heterocycles. The van der Waals surface area contributed by atoms with Crippen LogP contribution in [0.4, 0.5) is 0 Å². The molecule has 0 unspecified atom stereocenters. The molecule has 2 rings (SSSR count). The molecular weight excluding hydrogens is 286 g/mol. The second-order valence-electron chi connectivity index (χ2n) is 4.81. The highest BCUT2D eigenvalue weighted by atomic mass is 79.9. The number of halogens is 1. The van der Waals surface area contributed by atoms with Crippen molar-refractivity contribution < 1.29 is 0 Å². The first-order valence-electron chi connectivity index (χ1n) is 6.87. The fourth-order valence-corrected chi connectivity index (χ4v) is 2.48. The second-order valence-corrected chi connectivity index (χ2v) is 5.67. The Morgan fingerprint density at radius 1 is 1.28 bits per heavy atom. The van der Waals surface area contributed by atoms with Crippen molar-refractivity contribution in [3.05, 3.63) is 33.8 Å². The predicted octanol–water partition coefficient (Wildman–Crippen LogP) is 5.39. The summed E-state index contributed by atoms with van der Waals surface area (Å²) in [5, 5.41) is 0. The van der Waals surface area contributed by atoms with Crippen molar-refractivity contribution in [3.8, 4) is 0 Å². The van der Waals surface area contributed by atoms with Crippen molar-refractivity contribution in [3.63, 3.8) is 0 Å². The molecule has 0 N–H and O–H groups in total. The molecule has 0 amide bonds. The van der Waals surface area contributed by atoms with E-state index in [1.807, 2.05) is 7.05 Å². The van der Waals surface area contributed by atoms with Gasteiger partial charge in [0.15, 0.2) is 0 Å². The number of hydrogen-bond acceptors (Lipinski definition) is 1. The number of benzene rings is 1. The average Bonchev–Trinajstić information content (AvgIpc) is 3.18. The highest BCUT2D eigenvalue weighted by Crippen LogP contribution is 2.36. The SMILES string of the molecule is CCCC.CN=C(c1c(C)cccc1Br)C1CC1. The summed E-state index contributed by atoms with van der Waals surface area (Å²) in [5.74, 6) is 0.706. The Morgan fingerprint density at radius 3 is 2.28 bits per heavy atom. The first kappa shape index (κ1) is 15.4. The van der Waals surface area contributed by atoms with Crippen LogP contribution in [0.2, 0.25) is 0 Å². The Labute approximate surface area is 120 Å². The summed E-state index contributed by atoms with van der Waals surface area (Å²) < 4.78 is 1.17. The molecule has 0 radical (unpaired) electrons. The lowest BCUT2D eigenvalue weighted by molar-refractivity contribution is 0.886. The maximum absolute atomic E-state index is 4.43. The Hall–Kier alpha value is -0.630. The highest BCUT2D eigenvalue weighted by Gasteiger charge is 2.29. The van der Waals surface area contributed by atoms with E-state index in [0.717, 1.165) is 0 Å². The summed E-state index contributed by atoms with van der Waals surface area (Å²) in [7, 11) is 1.90. The Bertz CT molecular complexity index is 383. The number of rotatable bonds is 3. The van der Waals surface area contributed by atoms with Crippen LogP contribution < -0.4 is 0 Å². The predicted molar refractivity (Wildman–Crippen MR) is 84.6 cm³/mol. The van der Waals surface area contributed by atoms with Gasteiger partial charge in [-0.1, -0.05) is 54.8 Å². The van der Waals surface area contributed by atoms with Crippen LogP contribution >= 0.6 is 15.9 Å². The van der Waals surface area contributed by atoms with Crippen molar-refractivity contribution in [1.82, 2.24) is 0 Å². The minimum absolute atomic E-state index is 0.706. The molecule has 1 aliphatic rings. The van der Waals surface area contributed by atoms with Crippen LogP contribution in [0.5, 0.6) is 0 Å². The molecule has 1 aromatic rings. The van der Waals surface area contributed by atoms with E-state index in [4.69, 9.17) is 0 Å². The maximum atomic E-state index is 4.43. The second kappa shape index (κ2) is 7.73. The van der Waals surface area contributed by atoms with E-state index in [9.17, 15) is 0 Å². The van der Waals surface area contributed by atoms with E-state index in [-0.39, 0.29) is 0 Å². The summed E-state index contributed by atoms with van der Waals surface area (Å²) in [6.07, 6.45) is 5.24. The molecule has 18 heavy (non-hydrogen) atoms. The van der Waals surface area contributed by atoms with Gasteiger partial charge in [-0.05, 0) is 31.4 Å². The van der Waals surface area contributed by atoms with Crippen LogP contribution in [0.3, 0.4) is 0 Å². The largest absolute Gasteiger partial charge is 0.292 e. The summed E-state index contributed by atoms with van der Waals surface area (Å²) in [4.78, 5) is 4.43. The number of unbranched alkanes of at least 4 members (excludes halogenated alkanes) is 1. The molecule has 0 bridgehead atoms. The molecule has 2 heteroatoms. The number of aliphatic imine (C=N–C) groups is 1. The molecule has 0 aliphatic heterocycles. The van der Waals surface area contributed by atoms with Gasteiger partial charge in [0.1, 0.15) is 0 Å². The molecule has 0 atom stereocenters. The number of hydrogen-bond donors (Lipinski definition) is 0. The Balaban J connectivity index is 0.000000357. The third-order valence-electron chi connectivity index (χ3n) is 3.18. The minimum atomic E-state index is 0.706. The van der Waals surface area contributed by atoms with Gasteiger partial charge in [0.2, 0.25) is 0 Å². The Kier molecular flexibility index (Phi) is 6.62. The monoisotopic (exact) mass is 309 g/mol. The van der Waals surface area contributed by atoms with Crippen molar-refractivity contribution in [2.45, 2.75) is 46.5 Å². The van der Waals surface area contributed by atoms with Crippen LogP contribution in [0, 0.1) is 12.8 Å². The van der Waals surface area contributed by atoms with Gasteiger partial charge in [0.05, 0.1) is 0 Å². The molecule has 0 spiro atoms. The highest BCUT2D eigenvalue weighted by molar-refractivity contribution is 9.10. The van der Waals surface area contributed by atoms with Crippen molar-refractivity contribution in [2.24, 2.45) is 10.9 Å². The fourth-order valence-electron chi connectivity index (χ4n) is 1.81. The quantitative estimate of drug-likeness (QED) is 0.663. The van der Waals surface area contributed by atoms with Crippen LogP contribution in [-0.2, 0) is 0 Å². The van der Waals surface area contributed by atoms with Crippen LogP contribution in [0.25, 0.3) is 0 Å². The van der Waals surface area contributed by atoms with Gasteiger partial charge in [-0.15, -0.1) is 0 Å². The molecule has 1 fully saturated rings. The zero-order chi connectivity index (χ0) is 13.5. The molecule has 1 aliphatic carbocycles. The summed E-state index contributed by atoms with van der Waals surface area (Å²) in [6.45, 7) is 6.51. The molecule has 100 valence electrons. The lowest BCUT2D eigenvalue weighted by atomic mass is 10.0. The van der Waals surface area contributed by atoms with Gasteiger partial charge < -0.3 is 0 Å². The van der Waals surface area contributed by atoms with E-state index in [1.165, 1.54) is 47.0 Å². The number of aryl methyl sites for hydroxylation is 1. The molecule has 1 aromatic carbocycles.